The zero-order chi connectivity index (χ0) is 9.68. The smallest absolute Gasteiger partial charge is 0.269 e. The third-order valence-corrected chi connectivity index (χ3v) is 1.47. The third kappa shape index (κ3) is 2.30. The summed E-state index contributed by atoms with van der Waals surface area (Å²) < 4.78 is 1.11. The van der Waals surface area contributed by atoms with Crippen LogP contribution in [-0.4, -0.2) is 16.3 Å². The Morgan fingerprint density at radius 1 is 1.77 bits per heavy atom. The average Bonchev–Trinajstić information content (AvgIpc) is 2.10. The summed E-state index contributed by atoms with van der Waals surface area (Å²) in [4.78, 5) is 11.2. The zero-order valence-corrected chi connectivity index (χ0v) is 7.32. The van der Waals surface area contributed by atoms with Crippen molar-refractivity contribution in [3.63, 3.8) is 0 Å². The first-order chi connectivity index (χ1) is 6.27. The van der Waals surface area contributed by atoms with Crippen LogP contribution in [0.4, 0.5) is 5.69 Å². The standard InChI is InChI=1S/C8H10N4O/c1-2-10-7-5-8(13)12(4-3-9)11-6-7/h5-6,10H,2,4H2,1H3. The highest BCUT2D eigenvalue weighted by Gasteiger charge is 1.97. The molecule has 0 radical (unpaired) electrons. The quantitative estimate of drug-likeness (QED) is 0.717. The van der Waals surface area contributed by atoms with Crippen molar-refractivity contribution in [3.8, 4) is 6.07 Å². The Labute approximate surface area is 75.6 Å². The molecule has 0 saturated carbocycles. The molecule has 1 aromatic rings. The molecule has 0 fully saturated rings. The molecule has 1 aromatic heterocycles. The van der Waals surface area contributed by atoms with Gasteiger partial charge in [-0.3, -0.25) is 4.79 Å². The van der Waals surface area contributed by atoms with Gasteiger partial charge in [0.05, 0.1) is 18.0 Å². The Hall–Kier alpha value is -1.83. The molecule has 0 amide bonds. The molecular formula is C8H10N4O. The number of aromatic nitrogens is 2. The van der Waals surface area contributed by atoms with Crippen LogP contribution >= 0.6 is 0 Å². The van der Waals surface area contributed by atoms with Crippen molar-refractivity contribution in [2.45, 2.75) is 13.5 Å². The first-order valence-electron chi connectivity index (χ1n) is 3.96. The van der Waals surface area contributed by atoms with Gasteiger partial charge in [-0.1, -0.05) is 0 Å². The second kappa shape index (κ2) is 4.26. The highest BCUT2D eigenvalue weighted by atomic mass is 16.1. The van der Waals surface area contributed by atoms with Gasteiger partial charge in [-0.15, -0.1) is 0 Å². The summed E-state index contributed by atoms with van der Waals surface area (Å²) in [5, 5.41) is 15.1. The molecule has 13 heavy (non-hydrogen) atoms. The van der Waals surface area contributed by atoms with Crippen LogP contribution in [0.25, 0.3) is 0 Å². The summed E-state index contributed by atoms with van der Waals surface area (Å²) in [6.07, 6.45) is 1.53. The van der Waals surface area contributed by atoms with Crippen LogP contribution in [0.5, 0.6) is 0 Å². The van der Waals surface area contributed by atoms with Crippen LogP contribution in [0.1, 0.15) is 6.92 Å². The molecule has 0 aliphatic carbocycles. The van der Waals surface area contributed by atoms with Gasteiger partial charge in [0.1, 0.15) is 6.54 Å². The van der Waals surface area contributed by atoms with Crippen molar-refractivity contribution in [2.24, 2.45) is 0 Å². The normalized spacial score (nSPS) is 9.23. The Morgan fingerprint density at radius 3 is 3.08 bits per heavy atom. The highest BCUT2D eigenvalue weighted by Crippen LogP contribution is 1.97. The lowest BCUT2D eigenvalue weighted by molar-refractivity contribution is 0.659. The minimum atomic E-state index is -0.264. The SMILES string of the molecule is CCNc1cnn(CC#N)c(=O)c1. The Morgan fingerprint density at radius 2 is 2.54 bits per heavy atom. The molecule has 1 heterocycles. The van der Waals surface area contributed by atoms with Gasteiger partial charge in [0.2, 0.25) is 0 Å². The van der Waals surface area contributed by atoms with Gasteiger partial charge in [-0.2, -0.15) is 10.4 Å². The molecule has 1 N–H and O–H groups in total. The number of nitrogens with one attached hydrogen (secondary N) is 1. The summed E-state index contributed by atoms with van der Waals surface area (Å²) in [6.45, 7) is 2.66. The van der Waals surface area contributed by atoms with Gasteiger partial charge >= 0.3 is 0 Å². The average molecular weight is 178 g/mol. The number of nitrogens with zero attached hydrogens (tertiary/aromatic N) is 3. The maximum atomic E-state index is 11.2. The van der Waals surface area contributed by atoms with E-state index in [1.54, 1.807) is 0 Å². The van der Waals surface area contributed by atoms with E-state index in [2.05, 4.69) is 10.4 Å². The number of rotatable bonds is 3. The first kappa shape index (κ1) is 9.26. The molecule has 0 atom stereocenters. The van der Waals surface area contributed by atoms with Crippen LogP contribution in [0.15, 0.2) is 17.1 Å². The second-order valence-electron chi connectivity index (χ2n) is 2.43. The Balaban J connectivity index is 2.93. The molecule has 1 rings (SSSR count). The van der Waals surface area contributed by atoms with E-state index in [0.29, 0.717) is 5.69 Å². The third-order valence-electron chi connectivity index (χ3n) is 1.47. The van der Waals surface area contributed by atoms with Crippen molar-refractivity contribution in [1.29, 1.82) is 5.26 Å². The Kier molecular flexibility index (Phi) is 3.03. The molecule has 68 valence electrons. The maximum Gasteiger partial charge on any atom is 0.269 e. The lowest BCUT2D eigenvalue weighted by atomic mass is 10.4. The fourth-order valence-corrected chi connectivity index (χ4v) is 0.920. The maximum absolute atomic E-state index is 11.2. The van der Waals surface area contributed by atoms with Crippen molar-refractivity contribution in [1.82, 2.24) is 9.78 Å². The molecule has 5 heteroatoms. The summed E-state index contributed by atoms with van der Waals surface area (Å²) in [7, 11) is 0. The minimum absolute atomic E-state index is 0.00869. The topological polar surface area (TPSA) is 70.7 Å². The van der Waals surface area contributed by atoms with E-state index < -0.39 is 0 Å². The van der Waals surface area contributed by atoms with Crippen LogP contribution in [0, 0.1) is 11.3 Å². The predicted molar refractivity (Wildman–Crippen MR) is 48.3 cm³/mol. The van der Waals surface area contributed by atoms with E-state index in [1.807, 2.05) is 13.0 Å². The fraction of sp³-hybridized carbons (Fsp3) is 0.375. The zero-order valence-electron chi connectivity index (χ0n) is 7.32. The molecule has 0 aromatic carbocycles. The molecule has 0 aliphatic rings. The van der Waals surface area contributed by atoms with E-state index in [1.165, 1.54) is 12.3 Å². The Bertz CT molecular complexity index is 376. The van der Waals surface area contributed by atoms with Crippen molar-refractivity contribution >= 4 is 5.69 Å². The first-order valence-corrected chi connectivity index (χ1v) is 3.96. The molecule has 0 spiro atoms. The molecule has 0 saturated heterocycles. The number of anilines is 1. The summed E-state index contributed by atoms with van der Waals surface area (Å²) in [5.41, 5.74) is 0.418. The van der Waals surface area contributed by atoms with Crippen LogP contribution in [0.2, 0.25) is 0 Å². The monoisotopic (exact) mass is 178 g/mol. The van der Waals surface area contributed by atoms with Gasteiger partial charge in [0, 0.05) is 12.6 Å². The highest BCUT2D eigenvalue weighted by molar-refractivity contribution is 5.38. The fourth-order valence-electron chi connectivity index (χ4n) is 0.920. The van der Waals surface area contributed by atoms with Crippen LogP contribution in [-0.2, 0) is 6.54 Å². The molecule has 0 unspecified atom stereocenters. The lowest BCUT2D eigenvalue weighted by Gasteiger charge is -2.02. The van der Waals surface area contributed by atoms with E-state index in [0.717, 1.165) is 11.2 Å². The van der Waals surface area contributed by atoms with E-state index in [-0.39, 0.29) is 12.1 Å². The van der Waals surface area contributed by atoms with Crippen molar-refractivity contribution in [2.75, 3.05) is 11.9 Å². The number of nitriles is 1. The van der Waals surface area contributed by atoms with Crippen molar-refractivity contribution < 1.29 is 0 Å². The summed E-state index contributed by atoms with van der Waals surface area (Å²) >= 11 is 0. The molecule has 5 nitrogen and oxygen atoms in total. The van der Waals surface area contributed by atoms with Gasteiger partial charge in [0.25, 0.3) is 5.56 Å². The minimum Gasteiger partial charge on any atom is -0.384 e. The van der Waals surface area contributed by atoms with Crippen LogP contribution in [0.3, 0.4) is 0 Å². The van der Waals surface area contributed by atoms with E-state index in [9.17, 15) is 4.79 Å². The lowest BCUT2D eigenvalue weighted by Crippen LogP contribution is -2.21. The number of hydrogen-bond donors (Lipinski definition) is 1. The second-order valence-corrected chi connectivity index (χ2v) is 2.43. The largest absolute Gasteiger partial charge is 0.384 e. The van der Waals surface area contributed by atoms with Gasteiger partial charge in [-0.25, -0.2) is 4.68 Å². The predicted octanol–water partition coefficient (Wildman–Crippen LogP) is 0.199. The van der Waals surface area contributed by atoms with E-state index in [4.69, 9.17) is 5.26 Å². The molecule has 0 aliphatic heterocycles. The van der Waals surface area contributed by atoms with E-state index >= 15 is 0 Å². The van der Waals surface area contributed by atoms with Crippen molar-refractivity contribution in [3.05, 3.63) is 22.6 Å². The van der Waals surface area contributed by atoms with Gasteiger partial charge in [0.15, 0.2) is 0 Å². The molecular weight excluding hydrogens is 168 g/mol. The van der Waals surface area contributed by atoms with Gasteiger partial charge in [-0.05, 0) is 6.92 Å². The molecule has 0 bridgehead atoms. The number of hydrogen-bond acceptors (Lipinski definition) is 4. The van der Waals surface area contributed by atoms with Crippen LogP contribution < -0.4 is 10.9 Å². The van der Waals surface area contributed by atoms with Gasteiger partial charge < -0.3 is 5.32 Å². The summed E-state index contributed by atoms with van der Waals surface area (Å²) in [5.74, 6) is 0. The summed E-state index contributed by atoms with van der Waals surface area (Å²) in [6, 6.07) is 3.28.